The predicted molar refractivity (Wildman–Crippen MR) is 61.5 cm³/mol. The van der Waals surface area contributed by atoms with E-state index in [-0.39, 0.29) is 0 Å². The number of rotatable bonds is 3. The summed E-state index contributed by atoms with van der Waals surface area (Å²) in [6, 6.07) is 5.48. The quantitative estimate of drug-likeness (QED) is 0.588. The predicted octanol–water partition coefficient (Wildman–Crippen LogP) is 2.46. The van der Waals surface area contributed by atoms with Gasteiger partial charge in [-0.1, -0.05) is 13.0 Å². The van der Waals surface area contributed by atoms with Gasteiger partial charge in [0.25, 0.3) is 0 Å². The van der Waals surface area contributed by atoms with E-state index in [1.54, 1.807) is 18.2 Å². The van der Waals surface area contributed by atoms with Crippen LogP contribution in [0.25, 0.3) is 6.08 Å². The first-order valence-corrected chi connectivity index (χ1v) is 4.84. The van der Waals surface area contributed by atoms with E-state index in [4.69, 9.17) is 10.8 Å². The second kappa shape index (κ2) is 4.64. The number of nitrogens with two attached hydrogens (primary N) is 1. The van der Waals surface area contributed by atoms with Crippen molar-refractivity contribution in [1.82, 2.24) is 0 Å². The molecule has 0 fully saturated rings. The number of nitrogen functional groups attached to an aromatic ring is 1. The molecule has 0 aliphatic carbocycles. The van der Waals surface area contributed by atoms with Crippen LogP contribution in [0.2, 0.25) is 0 Å². The van der Waals surface area contributed by atoms with Gasteiger partial charge in [0.05, 0.1) is 0 Å². The van der Waals surface area contributed by atoms with Crippen molar-refractivity contribution >= 4 is 17.7 Å². The summed E-state index contributed by atoms with van der Waals surface area (Å²) in [7, 11) is 0. The van der Waals surface area contributed by atoms with Gasteiger partial charge in [-0.3, -0.25) is 0 Å². The summed E-state index contributed by atoms with van der Waals surface area (Å²) >= 11 is 0. The maximum Gasteiger partial charge on any atom is 0.331 e. The summed E-state index contributed by atoms with van der Waals surface area (Å²) in [5.41, 5.74) is 8.58. The van der Waals surface area contributed by atoms with Crippen molar-refractivity contribution in [2.24, 2.45) is 0 Å². The molecule has 1 aromatic carbocycles. The van der Waals surface area contributed by atoms with Crippen LogP contribution in [0.3, 0.4) is 0 Å². The minimum absolute atomic E-state index is 0.392. The summed E-state index contributed by atoms with van der Waals surface area (Å²) in [6.45, 7) is 3.75. The lowest BCUT2D eigenvalue weighted by molar-refractivity contribution is -0.132. The Morgan fingerprint density at radius 2 is 2.20 bits per heavy atom. The number of hydrogen-bond donors (Lipinski definition) is 2. The molecule has 0 amide bonds. The van der Waals surface area contributed by atoms with Gasteiger partial charge in [0, 0.05) is 11.3 Å². The highest BCUT2D eigenvalue weighted by Gasteiger charge is 2.05. The third kappa shape index (κ3) is 2.84. The highest BCUT2D eigenvalue weighted by molar-refractivity contribution is 5.92. The summed E-state index contributed by atoms with van der Waals surface area (Å²) in [5.74, 6) is -0.876. The first kappa shape index (κ1) is 11.3. The van der Waals surface area contributed by atoms with E-state index in [0.29, 0.717) is 17.7 Å². The molecule has 1 rings (SSSR count). The minimum atomic E-state index is -0.876. The summed E-state index contributed by atoms with van der Waals surface area (Å²) in [6.07, 6.45) is 2.18. The second-order valence-corrected chi connectivity index (χ2v) is 3.44. The van der Waals surface area contributed by atoms with Crippen molar-refractivity contribution in [1.29, 1.82) is 0 Å². The number of aliphatic carboxylic acids is 1. The molecule has 80 valence electrons. The molecule has 0 aliphatic heterocycles. The third-order valence-electron chi connectivity index (χ3n) is 2.29. The molecular weight excluding hydrogens is 190 g/mol. The van der Waals surface area contributed by atoms with Crippen molar-refractivity contribution in [3.8, 4) is 0 Å². The molecule has 15 heavy (non-hydrogen) atoms. The fourth-order valence-electron chi connectivity index (χ4n) is 1.32. The molecule has 0 saturated heterocycles. The average molecular weight is 205 g/mol. The Kier molecular flexibility index (Phi) is 3.50. The maximum absolute atomic E-state index is 10.8. The van der Waals surface area contributed by atoms with Crippen LogP contribution >= 0.6 is 0 Å². The zero-order valence-electron chi connectivity index (χ0n) is 8.95. The molecule has 1 aromatic rings. The van der Waals surface area contributed by atoms with Gasteiger partial charge in [-0.25, -0.2) is 4.79 Å². The van der Waals surface area contributed by atoms with Crippen molar-refractivity contribution in [3.05, 3.63) is 34.9 Å². The van der Waals surface area contributed by atoms with E-state index < -0.39 is 5.97 Å². The second-order valence-electron chi connectivity index (χ2n) is 3.44. The molecule has 0 bridgehead atoms. The smallest absolute Gasteiger partial charge is 0.331 e. The molecule has 0 radical (unpaired) electrons. The van der Waals surface area contributed by atoms with Crippen LogP contribution in [0.4, 0.5) is 5.69 Å². The van der Waals surface area contributed by atoms with Crippen molar-refractivity contribution < 1.29 is 9.90 Å². The molecule has 3 heteroatoms. The lowest BCUT2D eigenvalue weighted by atomic mass is 10.0. The minimum Gasteiger partial charge on any atom is -0.478 e. The topological polar surface area (TPSA) is 63.3 Å². The Morgan fingerprint density at radius 1 is 1.53 bits per heavy atom. The van der Waals surface area contributed by atoms with Crippen LogP contribution in [0, 0.1) is 6.92 Å². The maximum atomic E-state index is 10.8. The van der Waals surface area contributed by atoms with Crippen LogP contribution in [0.15, 0.2) is 23.8 Å². The van der Waals surface area contributed by atoms with Crippen LogP contribution < -0.4 is 5.73 Å². The molecule has 3 nitrogen and oxygen atoms in total. The number of carboxylic acid groups (broad SMARTS) is 1. The lowest BCUT2D eigenvalue weighted by Gasteiger charge is -2.04. The van der Waals surface area contributed by atoms with Gasteiger partial charge >= 0.3 is 5.97 Å². The van der Waals surface area contributed by atoms with Gasteiger partial charge in [-0.05, 0) is 42.7 Å². The largest absolute Gasteiger partial charge is 0.478 e. The molecule has 0 saturated carbocycles. The molecule has 0 aromatic heterocycles. The average Bonchev–Trinajstić information content (AvgIpc) is 2.18. The number of hydrogen-bond acceptors (Lipinski definition) is 2. The molecule has 0 atom stereocenters. The van der Waals surface area contributed by atoms with E-state index in [1.807, 2.05) is 19.9 Å². The Balaban J connectivity index is 3.16. The van der Waals surface area contributed by atoms with E-state index in [0.717, 1.165) is 11.1 Å². The number of carboxylic acids is 1. The summed E-state index contributed by atoms with van der Waals surface area (Å²) in [5, 5.41) is 8.90. The number of carbonyl (C=O) groups is 1. The van der Waals surface area contributed by atoms with Gasteiger partial charge < -0.3 is 10.8 Å². The normalized spacial score (nSPS) is 11.5. The zero-order chi connectivity index (χ0) is 11.4. The number of anilines is 1. The van der Waals surface area contributed by atoms with Crippen molar-refractivity contribution in [3.63, 3.8) is 0 Å². The Labute approximate surface area is 89.2 Å². The Hall–Kier alpha value is -1.77. The first-order valence-electron chi connectivity index (χ1n) is 4.84. The van der Waals surface area contributed by atoms with Gasteiger partial charge in [-0.15, -0.1) is 0 Å². The Bertz CT molecular complexity index is 408. The van der Waals surface area contributed by atoms with Crippen LogP contribution in [0.5, 0.6) is 0 Å². The summed E-state index contributed by atoms with van der Waals surface area (Å²) in [4.78, 5) is 10.8. The highest BCUT2D eigenvalue weighted by Crippen LogP contribution is 2.17. The third-order valence-corrected chi connectivity index (χ3v) is 2.29. The van der Waals surface area contributed by atoms with Crippen LogP contribution in [-0.2, 0) is 4.79 Å². The monoisotopic (exact) mass is 205 g/mol. The zero-order valence-corrected chi connectivity index (χ0v) is 8.95. The molecule has 0 spiro atoms. The fraction of sp³-hybridized carbons (Fsp3) is 0.250. The number of benzene rings is 1. The lowest BCUT2D eigenvalue weighted by Crippen LogP contribution is -1.99. The molecule has 0 heterocycles. The molecule has 0 unspecified atom stereocenters. The van der Waals surface area contributed by atoms with Crippen molar-refractivity contribution in [2.45, 2.75) is 20.3 Å². The van der Waals surface area contributed by atoms with Crippen molar-refractivity contribution in [2.75, 3.05) is 5.73 Å². The fourth-order valence-corrected chi connectivity index (χ4v) is 1.32. The van der Waals surface area contributed by atoms with Crippen LogP contribution in [0.1, 0.15) is 24.5 Å². The van der Waals surface area contributed by atoms with E-state index in [2.05, 4.69) is 0 Å². The van der Waals surface area contributed by atoms with E-state index in [9.17, 15) is 4.79 Å². The van der Waals surface area contributed by atoms with E-state index >= 15 is 0 Å². The van der Waals surface area contributed by atoms with Gasteiger partial charge in [-0.2, -0.15) is 0 Å². The molecule has 0 aliphatic rings. The SMILES string of the molecule is CC/C(=C\c1cc(N)ccc1C)C(=O)O. The molecule has 3 N–H and O–H groups in total. The Morgan fingerprint density at radius 3 is 2.73 bits per heavy atom. The van der Waals surface area contributed by atoms with Gasteiger partial charge in [0.1, 0.15) is 0 Å². The standard InChI is InChI=1S/C12H15NO2/c1-3-9(12(14)15)6-10-7-11(13)5-4-8(10)2/h4-7H,3,13H2,1-2H3,(H,14,15)/b9-6+. The number of aryl methyl sites for hydroxylation is 1. The summed E-state index contributed by atoms with van der Waals surface area (Å²) < 4.78 is 0. The van der Waals surface area contributed by atoms with E-state index in [1.165, 1.54) is 0 Å². The van der Waals surface area contributed by atoms with Gasteiger partial charge in [0.2, 0.25) is 0 Å². The highest BCUT2D eigenvalue weighted by atomic mass is 16.4. The van der Waals surface area contributed by atoms with Gasteiger partial charge in [0.15, 0.2) is 0 Å². The molecular formula is C12H15NO2. The first-order chi connectivity index (χ1) is 7.04. The van der Waals surface area contributed by atoms with Crippen LogP contribution in [-0.4, -0.2) is 11.1 Å².